The Morgan fingerprint density at radius 2 is 2.12 bits per heavy atom. The number of H-pyrrole nitrogens is 1. The number of hydrogen-bond donors (Lipinski definition) is 2. The average molecular weight is 231 g/mol. The molecule has 0 atom stereocenters. The number of benzene rings is 1. The largest absolute Gasteiger partial charge is 0.342 e. The number of aromatic nitrogens is 2. The van der Waals surface area contributed by atoms with E-state index in [9.17, 15) is 0 Å². The van der Waals surface area contributed by atoms with Gasteiger partial charge in [0.2, 0.25) is 0 Å². The predicted molar refractivity (Wildman–Crippen MR) is 72.2 cm³/mol. The van der Waals surface area contributed by atoms with Gasteiger partial charge in [0, 0.05) is 6.54 Å². The summed E-state index contributed by atoms with van der Waals surface area (Å²) in [7, 11) is 2.00. The first-order valence-corrected chi connectivity index (χ1v) is 6.10. The van der Waals surface area contributed by atoms with E-state index in [1.165, 1.54) is 5.56 Å². The van der Waals surface area contributed by atoms with Crippen LogP contribution >= 0.6 is 0 Å². The summed E-state index contributed by atoms with van der Waals surface area (Å²) in [5.41, 5.74) is 3.83. The summed E-state index contributed by atoms with van der Waals surface area (Å²) in [6, 6.07) is 6.50. The Morgan fingerprint density at radius 3 is 2.82 bits per heavy atom. The molecule has 0 saturated carbocycles. The van der Waals surface area contributed by atoms with E-state index >= 15 is 0 Å². The molecule has 3 heteroatoms. The Balaban J connectivity index is 2.24. The normalized spacial score (nSPS) is 12.2. The Hall–Kier alpha value is -1.35. The first-order chi connectivity index (χ1) is 8.00. The van der Waals surface area contributed by atoms with Crippen LogP contribution in [0, 0.1) is 12.3 Å². The maximum Gasteiger partial charge on any atom is 0.104 e. The molecule has 1 heterocycles. The highest BCUT2D eigenvalue weighted by Gasteiger charge is 2.17. The van der Waals surface area contributed by atoms with Gasteiger partial charge in [0.25, 0.3) is 0 Å². The molecule has 0 amide bonds. The summed E-state index contributed by atoms with van der Waals surface area (Å²) >= 11 is 0. The number of fused-ring (bicyclic) bond motifs is 1. The Labute approximate surface area is 103 Å². The lowest BCUT2D eigenvalue weighted by Gasteiger charge is -2.24. The number of nitrogens with zero attached hydrogens (tertiary/aromatic N) is 1. The topological polar surface area (TPSA) is 40.7 Å². The van der Waals surface area contributed by atoms with Crippen LogP contribution < -0.4 is 5.32 Å². The quantitative estimate of drug-likeness (QED) is 0.849. The number of aromatic amines is 1. The molecule has 0 aliphatic carbocycles. The van der Waals surface area contributed by atoms with Crippen LogP contribution in [0.3, 0.4) is 0 Å². The van der Waals surface area contributed by atoms with Crippen molar-refractivity contribution in [3.63, 3.8) is 0 Å². The fourth-order valence-electron chi connectivity index (χ4n) is 2.39. The lowest BCUT2D eigenvalue weighted by atomic mass is 9.85. The molecule has 17 heavy (non-hydrogen) atoms. The van der Waals surface area contributed by atoms with Gasteiger partial charge in [0.1, 0.15) is 5.82 Å². The smallest absolute Gasteiger partial charge is 0.104 e. The van der Waals surface area contributed by atoms with Crippen LogP contribution in [0.5, 0.6) is 0 Å². The number of hydrogen-bond acceptors (Lipinski definition) is 2. The van der Waals surface area contributed by atoms with Gasteiger partial charge in [-0.05, 0) is 43.5 Å². The van der Waals surface area contributed by atoms with Crippen LogP contribution in [0.25, 0.3) is 11.0 Å². The molecule has 0 unspecified atom stereocenters. The molecule has 92 valence electrons. The molecular formula is C14H21N3. The highest BCUT2D eigenvalue weighted by Crippen LogP contribution is 2.23. The Bertz CT molecular complexity index is 511. The predicted octanol–water partition coefficient (Wildman–Crippen LogP) is 2.66. The van der Waals surface area contributed by atoms with E-state index in [4.69, 9.17) is 0 Å². The Kier molecular flexibility index (Phi) is 3.20. The fraction of sp³-hybridized carbons (Fsp3) is 0.500. The zero-order valence-electron chi connectivity index (χ0n) is 11.1. The second-order valence-electron chi connectivity index (χ2n) is 5.55. The summed E-state index contributed by atoms with van der Waals surface area (Å²) < 4.78 is 0. The molecule has 2 aromatic rings. The number of rotatable bonds is 4. The average Bonchev–Trinajstić information content (AvgIpc) is 2.56. The first-order valence-electron chi connectivity index (χ1n) is 6.10. The van der Waals surface area contributed by atoms with Crippen molar-refractivity contribution in [3.05, 3.63) is 29.6 Å². The van der Waals surface area contributed by atoms with Crippen LogP contribution in [0.2, 0.25) is 0 Å². The van der Waals surface area contributed by atoms with E-state index in [0.717, 1.165) is 29.8 Å². The van der Waals surface area contributed by atoms with Crippen molar-refractivity contribution in [1.82, 2.24) is 15.3 Å². The third kappa shape index (κ3) is 2.86. The van der Waals surface area contributed by atoms with E-state index in [-0.39, 0.29) is 5.41 Å². The van der Waals surface area contributed by atoms with Crippen molar-refractivity contribution in [2.45, 2.75) is 27.2 Å². The van der Waals surface area contributed by atoms with Crippen molar-refractivity contribution in [2.24, 2.45) is 5.41 Å². The summed E-state index contributed by atoms with van der Waals surface area (Å²) in [5.74, 6) is 0.978. The van der Waals surface area contributed by atoms with Gasteiger partial charge in [-0.2, -0.15) is 0 Å². The van der Waals surface area contributed by atoms with Crippen molar-refractivity contribution in [1.29, 1.82) is 0 Å². The number of aryl methyl sites for hydroxylation is 1. The third-order valence-corrected chi connectivity index (χ3v) is 3.00. The van der Waals surface area contributed by atoms with Crippen LogP contribution in [0.15, 0.2) is 18.2 Å². The summed E-state index contributed by atoms with van der Waals surface area (Å²) in [5, 5.41) is 3.25. The van der Waals surface area contributed by atoms with E-state index in [1.54, 1.807) is 0 Å². The lowest BCUT2D eigenvalue weighted by Crippen LogP contribution is -2.28. The maximum absolute atomic E-state index is 4.42. The van der Waals surface area contributed by atoms with Gasteiger partial charge < -0.3 is 10.3 Å². The van der Waals surface area contributed by atoms with Crippen LogP contribution in [-0.4, -0.2) is 23.6 Å². The second-order valence-corrected chi connectivity index (χ2v) is 5.55. The zero-order valence-corrected chi connectivity index (χ0v) is 11.1. The molecular weight excluding hydrogens is 210 g/mol. The molecule has 0 saturated heterocycles. The van der Waals surface area contributed by atoms with Gasteiger partial charge in [-0.15, -0.1) is 0 Å². The highest BCUT2D eigenvalue weighted by atomic mass is 14.9. The second kappa shape index (κ2) is 4.49. The first kappa shape index (κ1) is 12.1. The van der Waals surface area contributed by atoms with Crippen LogP contribution in [-0.2, 0) is 6.42 Å². The van der Waals surface area contributed by atoms with E-state index in [0.29, 0.717) is 0 Å². The third-order valence-electron chi connectivity index (χ3n) is 3.00. The van der Waals surface area contributed by atoms with Crippen molar-refractivity contribution in [2.75, 3.05) is 13.6 Å². The maximum atomic E-state index is 4.42. The molecule has 0 aliphatic heterocycles. The standard InChI is InChI=1S/C14H21N3/c1-10-16-12-6-5-11(7-13(12)17-10)8-14(2,3)9-15-4/h5-7,15H,8-9H2,1-4H3,(H,16,17). The van der Waals surface area contributed by atoms with E-state index < -0.39 is 0 Å². The van der Waals surface area contributed by atoms with Gasteiger partial charge >= 0.3 is 0 Å². The van der Waals surface area contributed by atoms with Crippen LogP contribution in [0.4, 0.5) is 0 Å². The minimum Gasteiger partial charge on any atom is -0.342 e. The monoisotopic (exact) mass is 231 g/mol. The fourth-order valence-corrected chi connectivity index (χ4v) is 2.39. The van der Waals surface area contributed by atoms with E-state index in [2.05, 4.69) is 47.3 Å². The van der Waals surface area contributed by atoms with Gasteiger partial charge in [0.05, 0.1) is 11.0 Å². The van der Waals surface area contributed by atoms with E-state index in [1.807, 2.05) is 14.0 Å². The SMILES string of the molecule is CNCC(C)(C)Cc1ccc2nc(C)[nH]c2c1. The molecule has 2 N–H and O–H groups in total. The highest BCUT2D eigenvalue weighted by molar-refractivity contribution is 5.75. The molecule has 2 rings (SSSR count). The Morgan fingerprint density at radius 1 is 1.35 bits per heavy atom. The number of nitrogens with one attached hydrogen (secondary N) is 2. The van der Waals surface area contributed by atoms with Crippen molar-refractivity contribution in [3.8, 4) is 0 Å². The van der Waals surface area contributed by atoms with Gasteiger partial charge in [0.15, 0.2) is 0 Å². The molecule has 1 aromatic heterocycles. The van der Waals surface area contributed by atoms with Gasteiger partial charge in [-0.25, -0.2) is 4.98 Å². The molecule has 0 aliphatic rings. The molecule has 0 radical (unpaired) electrons. The molecule has 3 nitrogen and oxygen atoms in total. The molecule has 0 bridgehead atoms. The summed E-state index contributed by atoms with van der Waals surface area (Å²) in [4.78, 5) is 7.71. The minimum atomic E-state index is 0.275. The van der Waals surface area contributed by atoms with Gasteiger partial charge in [-0.3, -0.25) is 0 Å². The molecule has 0 spiro atoms. The molecule has 0 fully saturated rings. The zero-order chi connectivity index (χ0) is 12.5. The number of imidazole rings is 1. The molecule has 1 aromatic carbocycles. The summed E-state index contributed by atoms with van der Waals surface area (Å²) in [6.07, 6.45) is 1.07. The minimum absolute atomic E-state index is 0.275. The van der Waals surface area contributed by atoms with Gasteiger partial charge in [-0.1, -0.05) is 19.9 Å². The lowest BCUT2D eigenvalue weighted by molar-refractivity contribution is 0.350. The summed E-state index contributed by atoms with van der Waals surface area (Å²) in [6.45, 7) is 7.58. The van der Waals surface area contributed by atoms with Crippen molar-refractivity contribution < 1.29 is 0 Å². The van der Waals surface area contributed by atoms with Crippen LogP contribution in [0.1, 0.15) is 25.2 Å². The van der Waals surface area contributed by atoms with Crippen molar-refractivity contribution >= 4 is 11.0 Å².